The van der Waals surface area contributed by atoms with Gasteiger partial charge in [0.15, 0.2) is 0 Å². The predicted molar refractivity (Wildman–Crippen MR) is 82.1 cm³/mol. The first-order valence-corrected chi connectivity index (χ1v) is 8.33. The Morgan fingerprint density at radius 3 is 2.75 bits per heavy atom. The molecule has 0 saturated carbocycles. The quantitative estimate of drug-likeness (QED) is 0.759. The zero-order valence-corrected chi connectivity index (χ0v) is 12.8. The Kier molecular flexibility index (Phi) is 3.28. The van der Waals surface area contributed by atoms with Gasteiger partial charge in [0.2, 0.25) is 5.95 Å². The van der Waals surface area contributed by atoms with Gasteiger partial charge in [-0.3, -0.25) is 0 Å². The average Bonchev–Trinajstić information content (AvgIpc) is 2.87. The van der Waals surface area contributed by atoms with Crippen LogP contribution in [0.4, 0.5) is 5.95 Å². The van der Waals surface area contributed by atoms with Crippen molar-refractivity contribution in [1.82, 2.24) is 9.97 Å². The third kappa shape index (κ3) is 2.08. The van der Waals surface area contributed by atoms with Gasteiger partial charge >= 0.3 is 0 Å². The summed E-state index contributed by atoms with van der Waals surface area (Å²) in [5.41, 5.74) is 1.40. The largest absolute Gasteiger partial charge is 0.378 e. The summed E-state index contributed by atoms with van der Waals surface area (Å²) in [5.74, 6) is 0.754. The van der Waals surface area contributed by atoms with Crippen LogP contribution in [0.2, 0.25) is 5.15 Å². The lowest BCUT2D eigenvalue weighted by Crippen LogP contribution is -2.37. The molecule has 6 heteroatoms. The van der Waals surface area contributed by atoms with Crippen LogP contribution >= 0.6 is 22.9 Å². The summed E-state index contributed by atoms with van der Waals surface area (Å²) < 4.78 is 5.38. The Morgan fingerprint density at radius 2 is 1.90 bits per heavy atom. The zero-order chi connectivity index (χ0) is 13.5. The molecule has 0 aromatic carbocycles. The molecule has 0 unspecified atom stereocenters. The molecule has 1 aliphatic heterocycles. The van der Waals surface area contributed by atoms with Crippen LogP contribution in [0.1, 0.15) is 23.3 Å². The van der Waals surface area contributed by atoms with E-state index >= 15 is 0 Å². The summed E-state index contributed by atoms with van der Waals surface area (Å²) in [6, 6.07) is 0. The summed E-state index contributed by atoms with van der Waals surface area (Å²) >= 11 is 8.26. The number of ether oxygens (including phenoxy) is 1. The van der Waals surface area contributed by atoms with E-state index in [0.29, 0.717) is 5.15 Å². The fourth-order valence-electron chi connectivity index (χ4n) is 3.01. The van der Waals surface area contributed by atoms with E-state index in [-0.39, 0.29) is 0 Å². The van der Waals surface area contributed by atoms with Crippen molar-refractivity contribution < 1.29 is 4.74 Å². The number of rotatable bonds is 1. The Balaban J connectivity index is 1.81. The molecule has 4 rings (SSSR count). The number of aromatic nitrogens is 2. The van der Waals surface area contributed by atoms with Crippen LogP contribution in [-0.2, 0) is 17.6 Å². The number of morpholine rings is 1. The molecule has 1 saturated heterocycles. The smallest absolute Gasteiger partial charge is 0.228 e. The molecule has 20 heavy (non-hydrogen) atoms. The monoisotopic (exact) mass is 309 g/mol. The normalized spacial score (nSPS) is 19.4. The first-order chi connectivity index (χ1) is 9.83. The molecular formula is C14H16ClN3OS. The standard InChI is InChI=1S/C14H16ClN3OS/c15-12-11-9-3-1-2-4-10(9)20-13(11)17-14(16-12)18-5-7-19-8-6-18/h1-8H2. The van der Waals surface area contributed by atoms with Crippen LogP contribution < -0.4 is 4.90 Å². The molecule has 0 atom stereocenters. The second-order valence-electron chi connectivity index (χ2n) is 5.30. The summed E-state index contributed by atoms with van der Waals surface area (Å²) in [6.07, 6.45) is 4.82. The highest BCUT2D eigenvalue weighted by molar-refractivity contribution is 7.19. The lowest BCUT2D eigenvalue weighted by Gasteiger charge is -2.26. The Morgan fingerprint density at radius 1 is 1.10 bits per heavy atom. The van der Waals surface area contributed by atoms with Crippen molar-refractivity contribution in [3.8, 4) is 0 Å². The first kappa shape index (κ1) is 12.8. The van der Waals surface area contributed by atoms with Gasteiger partial charge < -0.3 is 9.64 Å². The van der Waals surface area contributed by atoms with Gasteiger partial charge in [0.25, 0.3) is 0 Å². The second kappa shape index (κ2) is 5.13. The van der Waals surface area contributed by atoms with Crippen molar-refractivity contribution in [2.24, 2.45) is 0 Å². The van der Waals surface area contributed by atoms with Crippen molar-refractivity contribution >= 4 is 39.1 Å². The molecule has 0 amide bonds. The molecular weight excluding hydrogens is 294 g/mol. The molecule has 0 spiro atoms. The van der Waals surface area contributed by atoms with Crippen LogP contribution in [0.25, 0.3) is 10.2 Å². The average molecular weight is 310 g/mol. The number of hydrogen-bond donors (Lipinski definition) is 0. The van der Waals surface area contributed by atoms with Gasteiger partial charge in [0.05, 0.1) is 18.6 Å². The zero-order valence-electron chi connectivity index (χ0n) is 11.2. The number of fused-ring (bicyclic) bond motifs is 3. The minimum absolute atomic E-state index is 0.621. The number of aryl methyl sites for hydroxylation is 2. The van der Waals surface area contributed by atoms with Crippen molar-refractivity contribution in [2.45, 2.75) is 25.7 Å². The molecule has 2 aliphatic rings. The molecule has 3 heterocycles. The molecule has 0 radical (unpaired) electrons. The SMILES string of the molecule is Clc1nc(N2CCOCC2)nc2sc3c(c12)CCCC3. The fourth-order valence-corrected chi connectivity index (χ4v) is 4.60. The van der Waals surface area contributed by atoms with Crippen LogP contribution in [0.15, 0.2) is 0 Å². The molecule has 2 aromatic heterocycles. The highest BCUT2D eigenvalue weighted by Crippen LogP contribution is 2.39. The van der Waals surface area contributed by atoms with E-state index < -0.39 is 0 Å². The van der Waals surface area contributed by atoms with Crippen molar-refractivity contribution in [1.29, 1.82) is 0 Å². The van der Waals surface area contributed by atoms with E-state index in [1.54, 1.807) is 11.3 Å². The van der Waals surface area contributed by atoms with Gasteiger partial charge in [0, 0.05) is 18.0 Å². The minimum Gasteiger partial charge on any atom is -0.378 e. The molecule has 4 nitrogen and oxygen atoms in total. The van der Waals surface area contributed by atoms with Gasteiger partial charge in [-0.05, 0) is 31.2 Å². The van der Waals surface area contributed by atoms with Crippen LogP contribution in [0.3, 0.4) is 0 Å². The Bertz CT molecular complexity index is 651. The van der Waals surface area contributed by atoms with E-state index in [9.17, 15) is 0 Å². The van der Waals surface area contributed by atoms with E-state index in [4.69, 9.17) is 21.3 Å². The minimum atomic E-state index is 0.621. The summed E-state index contributed by atoms with van der Waals surface area (Å²) in [7, 11) is 0. The number of thiophene rings is 1. The third-order valence-corrected chi connectivity index (χ3v) is 5.51. The number of halogens is 1. The maximum absolute atomic E-state index is 6.46. The van der Waals surface area contributed by atoms with Gasteiger partial charge in [0.1, 0.15) is 9.98 Å². The Labute approximate surface area is 126 Å². The lowest BCUT2D eigenvalue weighted by atomic mass is 9.97. The lowest BCUT2D eigenvalue weighted by molar-refractivity contribution is 0.122. The predicted octanol–water partition coefficient (Wildman–Crippen LogP) is 3.06. The number of anilines is 1. The molecule has 0 N–H and O–H groups in total. The summed E-state index contributed by atoms with van der Waals surface area (Å²) in [4.78, 5) is 14.0. The topological polar surface area (TPSA) is 38.2 Å². The third-order valence-electron chi connectivity index (χ3n) is 4.05. The van der Waals surface area contributed by atoms with E-state index in [0.717, 1.165) is 48.9 Å². The second-order valence-corrected chi connectivity index (χ2v) is 6.75. The van der Waals surface area contributed by atoms with E-state index in [2.05, 4.69) is 9.88 Å². The van der Waals surface area contributed by atoms with Crippen LogP contribution in [0.5, 0.6) is 0 Å². The van der Waals surface area contributed by atoms with Gasteiger partial charge in [-0.25, -0.2) is 9.97 Å². The maximum atomic E-state index is 6.46. The summed E-state index contributed by atoms with van der Waals surface area (Å²) in [6.45, 7) is 3.15. The van der Waals surface area contributed by atoms with Crippen LogP contribution in [0, 0.1) is 0 Å². The number of hydrogen-bond acceptors (Lipinski definition) is 5. The maximum Gasteiger partial charge on any atom is 0.228 e. The molecule has 2 aromatic rings. The van der Waals surface area contributed by atoms with Gasteiger partial charge in [-0.15, -0.1) is 11.3 Å². The molecule has 1 aliphatic carbocycles. The number of nitrogens with zero attached hydrogens (tertiary/aromatic N) is 3. The molecule has 0 bridgehead atoms. The highest BCUT2D eigenvalue weighted by atomic mass is 35.5. The van der Waals surface area contributed by atoms with Crippen LogP contribution in [-0.4, -0.2) is 36.3 Å². The molecule has 1 fully saturated rings. The first-order valence-electron chi connectivity index (χ1n) is 7.13. The van der Waals surface area contributed by atoms with Crippen molar-refractivity contribution in [3.05, 3.63) is 15.6 Å². The van der Waals surface area contributed by atoms with Gasteiger partial charge in [-0.2, -0.15) is 0 Å². The van der Waals surface area contributed by atoms with Gasteiger partial charge in [-0.1, -0.05) is 11.6 Å². The molecule has 106 valence electrons. The van der Waals surface area contributed by atoms with E-state index in [1.807, 2.05) is 0 Å². The highest BCUT2D eigenvalue weighted by Gasteiger charge is 2.22. The fraction of sp³-hybridized carbons (Fsp3) is 0.571. The Hall–Kier alpha value is -0.910. The summed E-state index contributed by atoms with van der Waals surface area (Å²) in [5, 5.41) is 1.72. The van der Waals surface area contributed by atoms with Crippen molar-refractivity contribution in [3.63, 3.8) is 0 Å². The van der Waals surface area contributed by atoms with Crippen molar-refractivity contribution in [2.75, 3.05) is 31.2 Å². The van der Waals surface area contributed by atoms with E-state index in [1.165, 1.54) is 29.7 Å².